The quantitative estimate of drug-likeness (QED) is 0.399. The average Bonchev–Trinajstić information content (AvgIpc) is 3.39. The van der Waals surface area contributed by atoms with Crippen molar-refractivity contribution in [2.24, 2.45) is 0 Å². The summed E-state index contributed by atoms with van der Waals surface area (Å²) in [6, 6.07) is 14.5. The lowest BCUT2D eigenvalue weighted by Crippen LogP contribution is -2.46. The van der Waals surface area contributed by atoms with Crippen molar-refractivity contribution < 1.29 is 27.2 Å². The van der Waals surface area contributed by atoms with Gasteiger partial charge in [0.25, 0.3) is 5.91 Å². The van der Waals surface area contributed by atoms with Crippen LogP contribution in [0.15, 0.2) is 72.9 Å². The minimum atomic E-state index is -3.63. The monoisotopic (exact) mass is 496 g/mol. The number of nitrogens with zero attached hydrogens (tertiary/aromatic N) is 3. The van der Waals surface area contributed by atoms with Gasteiger partial charge in [0.15, 0.2) is 0 Å². The minimum absolute atomic E-state index is 0.212. The van der Waals surface area contributed by atoms with Crippen molar-refractivity contribution in [3.8, 4) is 5.69 Å². The second-order valence-corrected chi connectivity index (χ2v) is 8.71. The Morgan fingerprint density at radius 3 is 2.22 bits per heavy atom. The van der Waals surface area contributed by atoms with Crippen molar-refractivity contribution in [3.63, 3.8) is 0 Å². The fourth-order valence-electron chi connectivity index (χ4n) is 4.46. The SMILES string of the molecule is CC(F)(F)C(=O)N[C@H]1CC(=O)N(c2ccc3c(cnn3-c3ccc(F)cc3)c2)[C@@H]1c1ccc(F)cc1. The van der Waals surface area contributed by atoms with E-state index in [9.17, 15) is 27.2 Å². The van der Waals surface area contributed by atoms with Gasteiger partial charge in [-0.3, -0.25) is 9.59 Å². The third-order valence-corrected chi connectivity index (χ3v) is 6.15. The van der Waals surface area contributed by atoms with Crippen LogP contribution in [0.5, 0.6) is 0 Å². The highest BCUT2D eigenvalue weighted by Crippen LogP contribution is 2.39. The van der Waals surface area contributed by atoms with Crippen LogP contribution in [-0.2, 0) is 9.59 Å². The molecule has 0 spiro atoms. The fraction of sp³-hybridized carbons (Fsp3) is 0.192. The summed E-state index contributed by atoms with van der Waals surface area (Å²) < 4.78 is 55.8. The van der Waals surface area contributed by atoms with E-state index >= 15 is 0 Å². The maximum Gasteiger partial charge on any atom is 0.321 e. The Hall–Kier alpha value is -4.21. The van der Waals surface area contributed by atoms with E-state index in [1.165, 1.54) is 41.3 Å². The van der Waals surface area contributed by atoms with Gasteiger partial charge in [-0.25, -0.2) is 13.5 Å². The van der Waals surface area contributed by atoms with E-state index in [-0.39, 0.29) is 18.1 Å². The minimum Gasteiger partial charge on any atom is -0.345 e. The lowest BCUT2D eigenvalue weighted by molar-refractivity contribution is -0.143. The molecular weight excluding hydrogens is 476 g/mol. The van der Waals surface area contributed by atoms with Crippen LogP contribution < -0.4 is 10.2 Å². The molecule has 1 fully saturated rings. The number of benzene rings is 3. The maximum absolute atomic E-state index is 13.6. The van der Waals surface area contributed by atoms with Crippen LogP contribution in [0.2, 0.25) is 0 Å². The number of anilines is 1. The first-order chi connectivity index (χ1) is 17.1. The first-order valence-corrected chi connectivity index (χ1v) is 11.1. The zero-order chi connectivity index (χ0) is 25.6. The summed E-state index contributed by atoms with van der Waals surface area (Å²) in [6.07, 6.45) is 1.38. The molecule has 1 saturated heterocycles. The third-order valence-electron chi connectivity index (χ3n) is 6.15. The number of halogens is 4. The van der Waals surface area contributed by atoms with E-state index in [1.54, 1.807) is 41.2 Å². The Morgan fingerprint density at radius 1 is 0.972 bits per heavy atom. The molecule has 0 aliphatic carbocycles. The first-order valence-electron chi connectivity index (χ1n) is 11.1. The van der Waals surface area contributed by atoms with Gasteiger partial charge in [-0.05, 0) is 60.2 Å². The molecule has 6 nitrogen and oxygen atoms in total. The van der Waals surface area contributed by atoms with Gasteiger partial charge in [-0.2, -0.15) is 13.9 Å². The number of rotatable bonds is 5. The lowest BCUT2D eigenvalue weighted by atomic mass is 9.99. The molecule has 2 heterocycles. The summed E-state index contributed by atoms with van der Waals surface area (Å²) in [5.41, 5.74) is 2.28. The van der Waals surface area contributed by atoms with E-state index in [1.807, 2.05) is 0 Å². The standard InChI is InChI=1S/C26H20F4N4O2/c1-26(29,30)25(36)32-21-13-23(35)33(24(21)15-2-4-17(27)5-3-15)20-10-11-22-16(12-20)14-31-34(22)19-8-6-18(28)7-9-19/h2-12,14,21,24H,13H2,1H3,(H,32,36)/t21-,24+/m0/s1. The predicted octanol–water partition coefficient (Wildman–Crippen LogP) is 4.92. The van der Waals surface area contributed by atoms with Gasteiger partial charge in [0, 0.05) is 24.4 Å². The van der Waals surface area contributed by atoms with Crippen LogP contribution in [0, 0.1) is 11.6 Å². The van der Waals surface area contributed by atoms with Gasteiger partial charge < -0.3 is 10.2 Å². The summed E-state index contributed by atoms with van der Waals surface area (Å²) in [4.78, 5) is 26.6. The Labute approximate surface area is 203 Å². The molecule has 3 aromatic carbocycles. The van der Waals surface area contributed by atoms with Gasteiger partial charge in [0.2, 0.25) is 5.91 Å². The Bertz CT molecular complexity index is 1450. The number of aromatic nitrogens is 2. The van der Waals surface area contributed by atoms with Crippen LogP contribution >= 0.6 is 0 Å². The highest BCUT2D eigenvalue weighted by atomic mass is 19.3. The molecule has 0 saturated carbocycles. The van der Waals surface area contributed by atoms with Gasteiger partial charge in [-0.15, -0.1) is 0 Å². The third kappa shape index (κ3) is 4.30. The number of carbonyl (C=O) groups is 2. The summed E-state index contributed by atoms with van der Waals surface area (Å²) >= 11 is 0. The van der Waals surface area contributed by atoms with Gasteiger partial charge >= 0.3 is 5.92 Å². The van der Waals surface area contributed by atoms with Crippen molar-refractivity contribution in [2.45, 2.75) is 31.4 Å². The number of carbonyl (C=O) groups excluding carboxylic acids is 2. The van der Waals surface area contributed by atoms with Crippen LogP contribution in [0.25, 0.3) is 16.6 Å². The number of hydrogen-bond acceptors (Lipinski definition) is 3. The van der Waals surface area contributed by atoms with Crippen LogP contribution in [0.1, 0.15) is 24.9 Å². The highest BCUT2D eigenvalue weighted by molar-refractivity contribution is 6.00. The average molecular weight is 496 g/mol. The zero-order valence-electron chi connectivity index (χ0n) is 19.0. The molecule has 0 unspecified atom stereocenters. The zero-order valence-corrected chi connectivity index (χ0v) is 19.0. The molecule has 36 heavy (non-hydrogen) atoms. The number of fused-ring (bicyclic) bond motifs is 1. The van der Waals surface area contributed by atoms with Gasteiger partial charge in [0.05, 0.1) is 29.5 Å². The molecule has 10 heteroatoms. The molecule has 4 aromatic rings. The van der Waals surface area contributed by atoms with Gasteiger partial charge in [0.1, 0.15) is 11.6 Å². The Balaban J connectivity index is 1.54. The number of nitrogens with one attached hydrogen (secondary N) is 1. The molecule has 2 atom stereocenters. The molecule has 1 aliphatic rings. The van der Waals surface area contributed by atoms with Crippen molar-refractivity contribution in [1.29, 1.82) is 0 Å². The largest absolute Gasteiger partial charge is 0.345 e. The fourth-order valence-corrected chi connectivity index (χ4v) is 4.46. The van der Waals surface area contributed by atoms with Crippen molar-refractivity contribution >= 4 is 28.4 Å². The molecule has 2 amide bonds. The molecule has 184 valence electrons. The normalized spacial score (nSPS) is 18.1. The number of alkyl halides is 2. The van der Waals surface area contributed by atoms with Crippen LogP contribution in [0.3, 0.4) is 0 Å². The first kappa shape index (κ1) is 23.5. The van der Waals surface area contributed by atoms with Crippen molar-refractivity contribution in [2.75, 3.05) is 4.90 Å². The topological polar surface area (TPSA) is 67.2 Å². The Kier molecular flexibility index (Phi) is 5.74. The van der Waals surface area contributed by atoms with E-state index in [0.29, 0.717) is 34.8 Å². The number of amides is 2. The predicted molar refractivity (Wildman–Crippen MR) is 125 cm³/mol. The highest BCUT2D eigenvalue weighted by Gasteiger charge is 2.45. The molecular formula is C26H20F4N4O2. The number of hydrogen-bond donors (Lipinski definition) is 1. The molecule has 0 bridgehead atoms. The molecule has 1 aromatic heterocycles. The maximum atomic E-state index is 13.6. The van der Waals surface area contributed by atoms with Crippen molar-refractivity contribution in [1.82, 2.24) is 15.1 Å². The van der Waals surface area contributed by atoms with Gasteiger partial charge in [-0.1, -0.05) is 12.1 Å². The molecule has 5 rings (SSSR count). The van der Waals surface area contributed by atoms with E-state index in [2.05, 4.69) is 10.4 Å². The second-order valence-electron chi connectivity index (χ2n) is 8.71. The van der Waals surface area contributed by atoms with Crippen LogP contribution in [-0.4, -0.2) is 33.6 Å². The summed E-state index contributed by atoms with van der Waals surface area (Å²) in [6.45, 7) is 0.483. The summed E-state index contributed by atoms with van der Waals surface area (Å²) in [5.74, 6) is -6.38. The van der Waals surface area contributed by atoms with Crippen LogP contribution in [0.4, 0.5) is 23.2 Å². The summed E-state index contributed by atoms with van der Waals surface area (Å²) in [5, 5.41) is 7.32. The van der Waals surface area contributed by atoms with E-state index in [0.717, 1.165) is 0 Å². The summed E-state index contributed by atoms with van der Waals surface area (Å²) in [7, 11) is 0. The van der Waals surface area contributed by atoms with Crippen molar-refractivity contribution in [3.05, 3.63) is 90.1 Å². The van der Waals surface area contributed by atoms with E-state index < -0.39 is 29.7 Å². The Morgan fingerprint density at radius 2 is 1.58 bits per heavy atom. The van der Waals surface area contributed by atoms with E-state index in [4.69, 9.17) is 0 Å². The second kappa shape index (κ2) is 8.78. The molecule has 1 N–H and O–H groups in total. The lowest BCUT2D eigenvalue weighted by Gasteiger charge is -2.29. The molecule has 1 aliphatic heterocycles. The smallest absolute Gasteiger partial charge is 0.321 e. The molecule has 0 radical (unpaired) electrons.